The minimum Gasteiger partial charge on any atom is -0.493 e. The highest BCUT2D eigenvalue weighted by molar-refractivity contribution is 5.44. The van der Waals surface area contributed by atoms with Crippen LogP contribution in [0.4, 0.5) is 0 Å². The molecule has 1 N–H and O–H groups in total. The van der Waals surface area contributed by atoms with Gasteiger partial charge in [0.2, 0.25) is 0 Å². The van der Waals surface area contributed by atoms with Crippen molar-refractivity contribution >= 4 is 0 Å². The molecule has 1 aromatic carbocycles. The van der Waals surface area contributed by atoms with Crippen LogP contribution in [0.3, 0.4) is 0 Å². The number of rotatable bonds is 7. The van der Waals surface area contributed by atoms with Gasteiger partial charge in [0.25, 0.3) is 0 Å². The van der Waals surface area contributed by atoms with Crippen molar-refractivity contribution < 1.29 is 9.47 Å². The zero-order valence-corrected chi connectivity index (χ0v) is 13.4. The number of hydrogen-bond donors (Lipinski definition) is 1. The highest BCUT2D eigenvalue weighted by Gasteiger charge is 2.33. The van der Waals surface area contributed by atoms with Crippen molar-refractivity contribution in [3.05, 3.63) is 36.4 Å². The van der Waals surface area contributed by atoms with E-state index in [9.17, 15) is 0 Å². The first-order valence-corrected chi connectivity index (χ1v) is 7.86. The number of ether oxygens (including phenoxy) is 2. The van der Waals surface area contributed by atoms with Crippen molar-refractivity contribution in [3.63, 3.8) is 0 Å². The summed E-state index contributed by atoms with van der Waals surface area (Å²) in [4.78, 5) is 0. The standard InChI is InChI=1S/C18H27NO2/c1-5-7-11-20-14-8-9-15-16(19-10-6-2)13-18(3,4)21-17(15)12-14/h5,8-9,12,16,19H,1,6-7,10-11,13H2,2-4H3. The summed E-state index contributed by atoms with van der Waals surface area (Å²) >= 11 is 0. The summed E-state index contributed by atoms with van der Waals surface area (Å²) in [6, 6.07) is 6.52. The van der Waals surface area contributed by atoms with E-state index >= 15 is 0 Å². The molecule has 1 aromatic rings. The zero-order chi connectivity index (χ0) is 15.3. The van der Waals surface area contributed by atoms with E-state index in [-0.39, 0.29) is 5.60 Å². The molecule has 0 aliphatic carbocycles. The number of hydrogen-bond acceptors (Lipinski definition) is 3. The lowest BCUT2D eigenvalue weighted by atomic mass is 9.89. The minimum atomic E-state index is -0.155. The molecule has 116 valence electrons. The van der Waals surface area contributed by atoms with Crippen LogP contribution in [0.25, 0.3) is 0 Å². The molecule has 0 fully saturated rings. The first kappa shape index (κ1) is 15.9. The van der Waals surface area contributed by atoms with Crippen molar-refractivity contribution in [2.45, 2.75) is 51.7 Å². The highest BCUT2D eigenvalue weighted by atomic mass is 16.5. The molecule has 3 nitrogen and oxygen atoms in total. The van der Waals surface area contributed by atoms with E-state index < -0.39 is 0 Å². The van der Waals surface area contributed by atoms with Crippen molar-refractivity contribution in [2.24, 2.45) is 0 Å². The normalized spacial score (nSPS) is 19.5. The van der Waals surface area contributed by atoms with Crippen LogP contribution in [0.2, 0.25) is 0 Å². The maximum Gasteiger partial charge on any atom is 0.128 e. The Labute approximate surface area is 128 Å². The lowest BCUT2D eigenvalue weighted by Gasteiger charge is -2.38. The highest BCUT2D eigenvalue weighted by Crippen LogP contribution is 2.41. The SMILES string of the molecule is C=CCCOc1ccc2c(c1)OC(C)(C)CC2NCCC. The van der Waals surface area contributed by atoms with Crippen LogP contribution in [0, 0.1) is 0 Å². The zero-order valence-electron chi connectivity index (χ0n) is 13.4. The molecule has 2 rings (SSSR count). The molecule has 1 heterocycles. The van der Waals surface area contributed by atoms with Crippen molar-refractivity contribution in [2.75, 3.05) is 13.2 Å². The van der Waals surface area contributed by atoms with Gasteiger partial charge in [0.15, 0.2) is 0 Å². The topological polar surface area (TPSA) is 30.5 Å². The van der Waals surface area contributed by atoms with E-state index in [2.05, 4.69) is 38.7 Å². The quantitative estimate of drug-likeness (QED) is 0.601. The van der Waals surface area contributed by atoms with E-state index in [0.717, 1.165) is 37.3 Å². The molecule has 1 aliphatic heterocycles. The first-order chi connectivity index (χ1) is 10.1. The second-order valence-electron chi connectivity index (χ2n) is 6.20. The summed E-state index contributed by atoms with van der Waals surface area (Å²) in [5.41, 5.74) is 1.08. The minimum absolute atomic E-state index is 0.155. The van der Waals surface area contributed by atoms with Gasteiger partial charge in [-0.2, -0.15) is 0 Å². The van der Waals surface area contributed by atoms with Crippen LogP contribution < -0.4 is 14.8 Å². The van der Waals surface area contributed by atoms with E-state index in [1.54, 1.807) is 0 Å². The van der Waals surface area contributed by atoms with E-state index in [1.807, 2.05) is 18.2 Å². The Hall–Kier alpha value is -1.48. The van der Waals surface area contributed by atoms with Crippen molar-refractivity contribution in [1.82, 2.24) is 5.32 Å². The van der Waals surface area contributed by atoms with Crippen molar-refractivity contribution in [1.29, 1.82) is 0 Å². The summed E-state index contributed by atoms with van der Waals surface area (Å²) in [6.07, 6.45) is 4.83. The summed E-state index contributed by atoms with van der Waals surface area (Å²) < 4.78 is 11.9. The third-order valence-electron chi connectivity index (χ3n) is 3.67. The summed E-state index contributed by atoms with van der Waals surface area (Å²) in [5, 5.41) is 3.62. The van der Waals surface area contributed by atoms with Gasteiger partial charge in [-0.3, -0.25) is 0 Å². The van der Waals surface area contributed by atoms with Crippen LogP contribution in [0.15, 0.2) is 30.9 Å². The Balaban J connectivity index is 2.17. The maximum absolute atomic E-state index is 6.14. The Kier molecular flexibility index (Phi) is 5.29. The number of nitrogens with one attached hydrogen (secondary N) is 1. The third-order valence-corrected chi connectivity index (χ3v) is 3.67. The van der Waals surface area contributed by atoms with Gasteiger partial charge in [0, 0.05) is 24.1 Å². The van der Waals surface area contributed by atoms with Crippen LogP contribution >= 0.6 is 0 Å². The molecule has 0 spiro atoms. The molecule has 0 bridgehead atoms. The van der Waals surface area contributed by atoms with Gasteiger partial charge in [-0.25, -0.2) is 0 Å². The molecule has 0 aromatic heterocycles. The molecule has 1 aliphatic rings. The second-order valence-corrected chi connectivity index (χ2v) is 6.20. The van der Waals surface area contributed by atoms with Gasteiger partial charge in [-0.05, 0) is 39.3 Å². The van der Waals surface area contributed by atoms with Gasteiger partial charge in [-0.15, -0.1) is 6.58 Å². The molecule has 1 unspecified atom stereocenters. The number of benzene rings is 1. The monoisotopic (exact) mass is 289 g/mol. The predicted molar refractivity (Wildman–Crippen MR) is 87.1 cm³/mol. The summed E-state index contributed by atoms with van der Waals surface area (Å²) in [6.45, 7) is 11.9. The second kappa shape index (κ2) is 6.99. The Morgan fingerprint density at radius 1 is 1.48 bits per heavy atom. The molecule has 0 radical (unpaired) electrons. The fraction of sp³-hybridized carbons (Fsp3) is 0.556. The largest absolute Gasteiger partial charge is 0.493 e. The maximum atomic E-state index is 6.14. The van der Waals surface area contributed by atoms with Crippen LogP contribution in [-0.2, 0) is 0 Å². The fourth-order valence-corrected chi connectivity index (χ4v) is 2.68. The molecule has 21 heavy (non-hydrogen) atoms. The van der Waals surface area contributed by atoms with E-state index in [0.29, 0.717) is 12.6 Å². The summed E-state index contributed by atoms with van der Waals surface area (Å²) in [7, 11) is 0. The Morgan fingerprint density at radius 2 is 2.29 bits per heavy atom. The molecule has 0 saturated heterocycles. The van der Waals surface area contributed by atoms with Gasteiger partial charge in [0.05, 0.1) is 6.61 Å². The van der Waals surface area contributed by atoms with Gasteiger partial charge < -0.3 is 14.8 Å². The number of fused-ring (bicyclic) bond motifs is 1. The molecular formula is C18H27NO2. The Morgan fingerprint density at radius 3 is 3.00 bits per heavy atom. The smallest absolute Gasteiger partial charge is 0.128 e. The first-order valence-electron chi connectivity index (χ1n) is 7.86. The molecule has 0 amide bonds. The van der Waals surface area contributed by atoms with E-state index in [1.165, 1.54) is 5.56 Å². The summed E-state index contributed by atoms with van der Waals surface area (Å²) in [5.74, 6) is 1.80. The lowest BCUT2D eigenvalue weighted by molar-refractivity contribution is 0.0657. The van der Waals surface area contributed by atoms with Crippen molar-refractivity contribution in [3.8, 4) is 11.5 Å². The van der Waals surface area contributed by atoms with Crippen LogP contribution in [0.5, 0.6) is 11.5 Å². The molecular weight excluding hydrogens is 262 g/mol. The van der Waals surface area contributed by atoms with Gasteiger partial charge in [-0.1, -0.05) is 19.1 Å². The fourth-order valence-electron chi connectivity index (χ4n) is 2.68. The Bertz CT molecular complexity index is 482. The van der Waals surface area contributed by atoms with Gasteiger partial charge >= 0.3 is 0 Å². The average molecular weight is 289 g/mol. The molecule has 3 heteroatoms. The average Bonchev–Trinajstić information content (AvgIpc) is 2.43. The van der Waals surface area contributed by atoms with E-state index in [4.69, 9.17) is 9.47 Å². The van der Waals surface area contributed by atoms with Crippen LogP contribution in [-0.4, -0.2) is 18.8 Å². The lowest BCUT2D eigenvalue weighted by Crippen LogP contribution is -2.39. The third kappa shape index (κ3) is 4.24. The predicted octanol–water partition coefficient (Wildman–Crippen LogP) is 4.24. The van der Waals surface area contributed by atoms with Gasteiger partial charge in [0.1, 0.15) is 17.1 Å². The van der Waals surface area contributed by atoms with Crippen LogP contribution in [0.1, 0.15) is 51.6 Å². The molecule has 1 atom stereocenters. The molecule has 0 saturated carbocycles.